The van der Waals surface area contributed by atoms with Crippen molar-refractivity contribution in [3.63, 3.8) is 0 Å². The summed E-state index contributed by atoms with van der Waals surface area (Å²) in [5.41, 5.74) is 2.52. The molecule has 1 rings (SSSR count). The number of benzene rings is 1. The monoisotopic (exact) mass is 161 g/mol. The zero-order valence-electron chi connectivity index (χ0n) is 7.91. The second-order valence-electron chi connectivity index (χ2n) is 3.00. The van der Waals surface area contributed by atoms with Gasteiger partial charge in [-0.3, -0.25) is 4.99 Å². The van der Waals surface area contributed by atoms with E-state index in [1.165, 1.54) is 11.3 Å². The van der Waals surface area contributed by atoms with Crippen molar-refractivity contribution in [2.24, 2.45) is 4.99 Å². The lowest BCUT2D eigenvalue weighted by Gasteiger charge is -2.10. The second-order valence-corrected chi connectivity index (χ2v) is 3.00. The van der Waals surface area contributed by atoms with Gasteiger partial charge in [0.2, 0.25) is 0 Å². The summed E-state index contributed by atoms with van der Waals surface area (Å²) in [4.78, 5) is 4.18. The van der Waals surface area contributed by atoms with Gasteiger partial charge in [-0.25, -0.2) is 0 Å². The topological polar surface area (TPSA) is 12.4 Å². The third-order valence-corrected chi connectivity index (χ3v) is 2.28. The quantitative estimate of drug-likeness (QED) is 0.591. The first-order valence-electron chi connectivity index (χ1n) is 4.24. The number of aliphatic imine (C=N–C) groups is 1. The van der Waals surface area contributed by atoms with Gasteiger partial charge >= 0.3 is 0 Å². The summed E-state index contributed by atoms with van der Waals surface area (Å²) in [5, 5.41) is 0. The highest BCUT2D eigenvalue weighted by Crippen LogP contribution is 2.15. The molecule has 12 heavy (non-hydrogen) atoms. The highest BCUT2D eigenvalue weighted by molar-refractivity contribution is 5.88. The minimum Gasteiger partial charge on any atom is -0.297 e. The van der Waals surface area contributed by atoms with Gasteiger partial charge in [0.05, 0.1) is 0 Å². The average Bonchev–Trinajstić information content (AvgIpc) is 2.17. The standard InChI is InChI=1S/C11H15N/c1-9(10(2)12-3)11-7-5-4-6-8-11/h4-9H,1-3H3. The van der Waals surface area contributed by atoms with E-state index in [1.807, 2.05) is 13.1 Å². The summed E-state index contributed by atoms with van der Waals surface area (Å²) in [5.74, 6) is 0.441. The molecule has 0 aliphatic carbocycles. The van der Waals surface area contributed by atoms with Crippen LogP contribution in [0.4, 0.5) is 0 Å². The van der Waals surface area contributed by atoms with Gasteiger partial charge in [-0.05, 0) is 12.5 Å². The van der Waals surface area contributed by atoms with Crippen LogP contribution in [0, 0.1) is 0 Å². The third kappa shape index (κ3) is 1.94. The van der Waals surface area contributed by atoms with Gasteiger partial charge in [-0.1, -0.05) is 37.3 Å². The molecule has 0 aliphatic rings. The van der Waals surface area contributed by atoms with E-state index in [4.69, 9.17) is 0 Å². The lowest BCUT2D eigenvalue weighted by atomic mass is 9.97. The van der Waals surface area contributed by atoms with Crippen molar-refractivity contribution in [1.29, 1.82) is 0 Å². The Bertz CT molecular complexity index is 262. The molecular weight excluding hydrogens is 146 g/mol. The Morgan fingerprint density at radius 2 is 1.83 bits per heavy atom. The van der Waals surface area contributed by atoms with Crippen LogP contribution in [0.25, 0.3) is 0 Å². The molecule has 1 aromatic carbocycles. The van der Waals surface area contributed by atoms with E-state index in [9.17, 15) is 0 Å². The Morgan fingerprint density at radius 3 is 2.33 bits per heavy atom. The second kappa shape index (κ2) is 4.05. The van der Waals surface area contributed by atoms with Crippen LogP contribution in [0.15, 0.2) is 35.3 Å². The molecular formula is C11H15N. The smallest absolute Gasteiger partial charge is 0.0276 e. The van der Waals surface area contributed by atoms with Crippen LogP contribution >= 0.6 is 0 Å². The largest absolute Gasteiger partial charge is 0.297 e. The molecule has 0 bridgehead atoms. The van der Waals surface area contributed by atoms with E-state index in [0.717, 1.165) is 0 Å². The molecule has 1 atom stereocenters. The number of nitrogens with zero attached hydrogens (tertiary/aromatic N) is 1. The van der Waals surface area contributed by atoms with Gasteiger partial charge in [0.15, 0.2) is 0 Å². The van der Waals surface area contributed by atoms with Crippen LogP contribution in [0.2, 0.25) is 0 Å². The van der Waals surface area contributed by atoms with Gasteiger partial charge in [-0.15, -0.1) is 0 Å². The predicted octanol–water partition coefficient (Wildman–Crippen LogP) is 2.88. The minimum absolute atomic E-state index is 0.441. The molecule has 0 radical (unpaired) electrons. The zero-order chi connectivity index (χ0) is 8.97. The Balaban J connectivity index is 2.86. The molecule has 1 aromatic rings. The molecule has 64 valence electrons. The lowest BCUT2D eigenvalue weighted by Crippen LogP contribution is -2.04. The van der Waals surface area contributed by atoms with E-state index < -0.39 is 0 Å². The van der Waals surface area contributed by atoms with E-state index in [2.05, 4.69) is 43.1 Å². The van der Waals surface area contributed by atoms with E-state index in [-0.39, 0.29) is 0 Å². The maximum atomic E-state index is 4.18. The average molecular weight is 161 g/mol. The Morgan fingerprint density at radius 1 is 1.25 bits per heavy atom. The molecule has 0 fully saturated rings. The van der Waals surface area contributed by atoms with Crippen LogP contribution < -0.4 is 0 Å². The molecule has 0 aromatic heterocycles. The van der Waals surface area contributed by atoms with Crippen molar-refractivity contribution in [1.82, 2.24) is 0 Å². The predicted molar refractivity (Wildman–Crippen MR) is 53.9 cm³/mol. The molecule has 1 unspecified atom stereocenters. The summed E-state index contributed by atoms with van der Waals surface area (Å²) in [6.07, 6.45) is 0. The fraction of sp³-hybridized carbons (Fsp3) is 0.364. The molecule has 0 heterocycles. The number of hydrogen-bond donors (Lipinski definition) is 0. The summed E-state index contributed by atoms with van der Waals surface area (Å²) >= 11 is 0. The van der Waals surface area contributed by atoms with Crippen molar-refractivity contribution in [3.05, 3.63) is 35.9 Å². The summed E-state index contributed by atoms with van der Waals surface area (Å²) in [6.45, 7) is 4.25. The Hall–Kier alpha value is -1.11. The Kier molecular flexibility index (Phi) is 3.03. The molecule has 1 heteroatoms. The lowest BCUT2D eigenvalue weighted by molar-refractivity contribution is 1.01. The zero-order valence-corrected chi connectivity index (χ0v) is 7.91. The molecule has 1 nitrogen and oxygen atoms in total. The first-order valence-corrected chi connectivity index (χ1v) is 4.24. The van der Waals surface area contributed by atoms with Crippen LogP contribution in [-0.2, 0) is 0 Å². The molecule has 0 saturated heterocycles. The van der Waals surface area contributed by atoms with Crippen LogP contribution in [-0.4, -0.2) is 12.8 Å². The van der Waals surface area contributed by atoms with Gasteiger partial charge in [0, 0.05) is 18.7 Å². The molecule has 0 saturated carbocycles. The van der Waals surface area contributed by atoms with Crippen molar-refractivity contribution < 1.29 is 0 Å². The molecule has 0 amide bonds. The van der Waals surface area contributed by atoms with Gasteiger partial charge in [0.25, 0.3) is 0 Å². The normalized spacial score (nSPS) is 14.4. The molecule has 0 N–H and O–H groups in total. The number of rotatable bonds is 2. The van der Waals surface area contributed by atoms with Crippen molar-refractivity contribution in [3.8, 4) is 0 Å². The van der Waals surface area contributed by atoms with Crippen LogP contribution in [0.3, 0.4) is 0 Å². The van der Waals surface area contributed by atoms with Crippen molar-refractivity contribution in [2.75, 3.05) is 7.05 Å². The van der Waals surface area contributed by atoms with Gasteiger partial charge in [0.1, 0.15) is 0 Å². The van der Waals surface area contributed by atoms with Crippen molar-refractivity contribution in [2.45, 2.75) is 19.8 Å². The minimum atomic E-state index is 0.441. The van der Waals surface area contributed by atoms with Gasteiger partial charge in [-0.2, -0.15) is 0 Å². The Labute approximate surface area is 74.2 Å². The first kappa shape index (κ1) is 8.98. The third-order valence-electron chi connectivity index (χ3n) is 2.28. The first-order chi connectivity index (χ1) is 5.75. The summed E-state index contributed by atoms with van der Waals surface area (Å²) in [7, 11) is 1.84. The maximum absolute atomic E-state index is 4.18. The maximum Gasteiger partial charge on any atom is 0.0276 e. The summed E-state index contributed by atoms with van der Waals surface area (Å²) < 4.78 is 0. The molecule has 0 aliphatic heterocycles. The van der Waals surface area contributed by atoms with E-state index >= 15 is 0 Å². The van der Waals surface area contributed by atoms with Crippen molar-refractivity contribution >= 4 is 5.71 Å². The van der Waals surface area contributed by atoms with Crippen LogP contribution in [0.1, 0.15) is 25.3 Å². The van der Waals surface area contributed by atoms with E-state index in [1.54, 1.807) is 0 Å². The fourth-order valence-corrected chi connectivity index (χ4v) is 1.18. The molecule has 0 spiro atoms. The highest BCUT2D eigenvalue weighted by atomic mass is 14.7. The van der Waals surface area contributed by atoms with Gasteiger partial charge < -0.3 is 0 Å². The van der Waals surface area contributed by atoms with Crippen LogP contribution in [0.5, 0.6) is 0 Å². The summed E-state index contributed by atoms with van der Waals surface area (Å²) in [6, 6.07) is 10.4. The highest BCUT2D eigenvalue weighted by Gasteiger charge is 2.06. The fourth-order valence-electron chi connectivity index (χ4n) is 1.18. The number of hydrogen-bond acceptors (Lipinski definition) is 1. The SMILES string of the molecule is CN=C(C)C(C)c1ccccc1. The van der Waals surface area contributed by atoms with E-state index in [0.29, 0.717) is 5.92 Å².